The highest BCUT2D eigenvalue weighted by Gasteiger charge is 2.27. The van der Waals surface area contributed by atoms with Gasteiger partial charge in [-0.2, -0.15) is 0 Å². The van der Waals surface area contributed by atoms with E-state index >= 15 is 0 Å². The van der Waals surface area contributed by atoms with Crippen molar-refractivity contribution in [3.63, 3.8) is 0 Å². The molecule has 25 aromatic rings. The van der Waals surface area contributed by atoms with Crippen LogP contribution >= 0.6 is 34.0 Å². The van der Waals surface area contributed by atoms with Gasteiger partial charge in [-0.1, -0.05) is 273 Å². The number of rotatable bonds is 7. The van der Waals surface area contributed by atoms with Crippen molar-refractivity contribution in [2.24, 2.45) is 0 Å². The van der Waals surface area contributed by atoms with E-state index in [-0.39, 0.29) is 0 Å². The van der Waals surface area contributed by atoms with Gasteiger partial charge in [0, 0.05) is 94.5 Å². The number of aromatic nitrogens is 4. The topological polar surface area (TPSA) is 51.6 Å². The lowest BCUT2D eigenvalue weighted by atomic mass is 9.87. The molecule has 0 amide bonds. The van der Waals surface area contributed by atoms with Crippen molar-refractivity contribution in [3.8, 4) is 78.8 Å². The van der Waals surface area contributed by atoms with Crippen molar-refractivity contribution in [2.75, 3.05) is 0 Å². The Morgan fingerprint density at radius 3 is 0.933 bits per heavy atom. The van der Waals surface area contributed by atoms with Crippen LogP contribution in [0.25, 0.3) is 236 Å². The van der Waals surface area contributed by atoms with Gasteiger partial charge < -0.3 is 0 Å². The summed E-state index contributed by atoms with van der Waals surface area (Å²) in [4.78, 5) is 19.7. The number of thiophene rings is 3. The van der Waals surface area contributed by atoms with E-state index in [4.69, 9.17) is 15.0 Å². The molecular formula is C98H54N4S3. The quantitative estimate of drug-likeness (QED) is 0.118. The van der Waals surface area contributed by atoms with E-state index in [1.165, 1.54) is 196 Å². The maximum Gasteiger partial charge on any atom is 0.165 e. The molecule has 0 aliphatic heterocycles. The summed E-state index contributed by atoms with van der Waals surface area (Å²) >= 11 is 5.67. The summed E-state index contributed by atoms with van der Waals surface area (Å²) in [5.74, 6) is 2.07. The SMILES string of the molecule is c1ccc(-c2cc3ccc4cccc5c6cccc7sc2c(c76)c3c45)nc1.c1ccc(-c2ccc(-c3ccc(-c4cc5ccc6cccc7c8cccc9sc4c(c98)c5c67)cc3)cc2)cc1.c1ccc(-c2nc(-c3ccccc3)nc(-c3cc4ccc5cccc6c7cccc8sc3c(c87)c4c56)n2)cc1. The van der Waals surface area contributed by atoms with E-state index in [9.17, 15) is 0 Å². The molecule has 5 heterocycles. The average molecular weight is 1380 g/mol. The monoisotopic (exact) mass is 1380 g/mol. The van der Waals surface area contributed by atoms with Crippen molar-refractivity contribution in [1.82, 2.24) is 19.9 Å². The lowest BCUT2D eigenvalue weighted by Gasteiger charge is -2.15. The second-order valence-electron chi connectivity index (χ2n) is 27.7. The highest BCUT2D eigenvalue weighted by Crippen LogP contribution is 2.55. The minimum atomic E-state index is 0.683. The number of hydrogen-bond donors (Lipinski definition) is 0. The van der Waals surface area contributed by atoms with E-state index in [2.05, 4.69) is 284 Å². The van der Waals surface area contributed by atoms with E-state index in [0.717, 1.165) is 22.4 Å². The molecule has 4 nitrogen and oxygen atoms in total. The maximum absolute atomic E-state index is 5.09. The predicted octanol–water partition coefficient (Wildman–Crippen LogP) is 28.4. The van der Waals surface area contributed by atoms with Crippen LogP contribution in [0.4, 0.5) is 0 Å². The van der Waals surface area contributed by atoms with Gasteiger partial charge in [0.2, 0.25) is 0 Å². The summed E-state index contributed by atoms with van der Waals surface area (Å²) in [6, 6.07) is 116. The van der Waals surface area contributed by atoms with Crippen LogP contribution in [0.1, 0.15) is 0 Å². The molecule has 0 saturated heterocycles. The Balaban J connectivity index is 0.0000000978. The highest BCUT2D eigenvalue weighted by molar-refractivity contribution is 7.27. The first-order valence-corrected chi connectivity index (χ1v) is 38.1. The summed E-state index contributed by atoms with van der Waals surface area (Å²) < 4.78 is 8.01. The molecule has 0 spiro atoms. The van der Waals surface area contributed by atoms with Crippen LogP contribution in [-0.2, 0) is 0 Å². The molecule has 25 rings (SSSR count). The zero-order valence-corrected chi connectivity index (χ0v) is 58.6. The summed E-state index contributed by atoms with van der Waals surface area (Å²) in [5.41, 5.74) is 12.9. The number of benzene rings is 20. The van der Waals surface area contributed by atoms with Gasteiger partial charge in [0.1, 0.15) is 0 Å². The van der Waals surface area contributed by atoms with Gasteiger partial charge in [0.15, 0.2) is 17.5 Å². The molecule has 105 heavy (non-hydrogen) atoms. The summed E-state index contributed by atoms with van der Waals surface area (Å²) in [7, 11) is 0. The summed E-state index contributed by atoms with van der Waals surface area (Å²) in [6.45, 7) is 0. The minimum Gasteiger partial charge on any atom is -0.256 e. The fourth-order valence-corrected chi connectivity index (χ4v) is 21.2. The van der Waals surface area contributed by atoms with E-state index in [1.807, 2.05) is 82.7 Å². The molecule has 20 aromatic carbocycles. The first-order valence-electron chi connectivity index (χ1n) is 35.6. The van der Waals surface area contributed by atoms with Crippen molar-refractivity contribution in [2.45, 2.75) is 0 Å². The molecule has 0 unspecified atom stereocenters. The molecule has 484 valence electrons. The van der Waals surface area contributed by atoms with Crippen LogP contribution in [0.2, 0.25) is 0 Å². The van der Waals surface area contributed by atoms with Crippen molar-refractivity contribution < 1.29 is 0 Å². The molecular weight excluding hydrogens is 1330 g/mol. The molecule has 0 bridgehead atoms. The van der Waals surface area contributed by atoms with Crippen LogP contribution in [-0.4, -0.2) is 19.9 Å². The molecule has 5 aromatic heterocycles. The predicted molar refractivity (Wildman–Crippen MR) is 452 cm³/mol. The Morgan fingerprint density at radius 2 is 0.514 bits per heavy atom. The first-order chi connectivity index (χ1) is 52.1. The molecule has 0 saturated carbocycles. The Kier molecular flexibility index (Phi) is 12.8. The Bertz CT molecular complexity index is 7600. The molecule has 0 radical (unpaired) electrons. The molecule has 7 heteroatoms. The van der Waals surface area contributed by atoms with Gasteiger partial charge in [-0.3, -0.25) is 4.98 Å². The van der Waals surface area contributed by atoms with Crippen LogP contribution in [0, 0.1) is 0 Å². The van der Waals surface area contributed by atoms with Gasteiger partial charge in [0.05, 0.1) is 5.69 Å². The first kappa shape index (κ1) is 58.7. The van der Waals surface area contributed by atoms with Crippen molar-refractivity contribution in [3.05, 3.63) is 328 Å². The van der Waals surface area contributed by atoms with Gasteiger partial charge in [-0.25, -0.2) is 15.0 Å². The van der Waals surface area contributed by atoms with Crippen LogP contribution in [0.15, 0.2) is 328 Å². The third kappa shape index (κ3) is 8.84. The summed E-state index contributed by atoms with van der Waals surface area (Å²) in [6.07, 6.45) is 1.88. The van der Waals surface area contributed by atoms with E-state index in [1.54, 1.807) is 0 Å². The minimum absolute atomic E-state index is 0.683. The van der Waals surface area contributed by atoms with Crippen LogP contribution < -0.4 is 0 Å². The standard InChI is InChI=1S/C38H22S.C35H19N3S.C25H13NS/c1-2-6-23(7-3-1)24-12-14-25(15-13-24)26-16-18-27(19-17-26)32-22-29-21-20-28-8-4-9-30-31-10-5-11-33-36(31)37(38(32)39-33)35(29)34(28)30;1-3-9-21(10-4-1)33-36-34(22-11-5-2-6-12-22)38-35(37-33)26-19-23-18-17-20-13-7-14-24-25-15-8-16-27-30(25)31(32(26)39-27)29(23)28(20)24;1-2-12-26-19(8-1)18-13-15-11-10-14-5-3-6-16-17-7-4-9-20-23(17)24(25(18)27-20)22(15)21(14)16/h1-22H;1-19H;1-13H. The maximum atomic E-state index is 5.09. The van der Waals surface area contributed by atoms with E-state index in [0.29, 0.717) is 17.5 Å². The smallest absolute Gasteiger partial charge is 0.165 e. The Morgan fingerprint density at radius 1 is 0.190 bits per heavy atom. The zero-order valence-electron chi connectivity index (χ0n) is 56.2. The van der Waals surface area contributed by atoms with Crippen molar-refractivity contribution in [1.29, 1.82) is 0 Å². The number of fused-ring (bicyclic) bond motifs is 3. The van der Waals surface area contributed by atoms with Gasteiger partial charge >= 0.3 is 0 Å². The van der Waals surface area contributed by atoms with Gasteiger partial charge in [-0.15, -0.1) is 34.0 Å². The molecule has 0 N–H and O–H groups in total. The Hall–Kier alpha value is -12.9. The second kappa shape index (κ2) is 22.8. The number of hydrogen-bond acceptors (Lipinski definition) is 7. The van der Waals surface area contributed by atoms with Gasteiger partial charge in [0.25, 0.3) is 0 Å². The number of pyridine rings is 1. The Labute approximate surface area is 613 Å². The molecule has 0 atom stereocenters. The van der Waals surface area contributed by atoms with Crippen molar-refractivity contribution >= 4 is 191 Å². The zero-order chi connectivity index (χ0) is 68.5. The molecule has 0 fully saturated rings. The lowest BCUT2D eigenvalue weighted by molar-refractivity contribution is 1.08. The average Bonchev–Trinajstić information content (AvgIpc) is 1.61. The van der Waals surface area contributed by atoms with E-state index < -0.39 is 0 Å². The lowest BCUT2D eigenvalue weighted by Crippen LogP contribution is -2.00. The largest absolute Gasteiger partial charge is 0.256 e. The summed E-state index contributed by atoms with van der Waals surface area (Å²) in [5, 5.41) is 32.5. The second-order valence-corrected chi connectivity index (χ2v) is 30.9. The fourth-order valence-electron chi connectivity index (χ4n) is 17.4. The van der Waals surface area contributed by atoms with Crippen LogP contribution in [0.3, 0.4) is 0 Å². The molecule has 0 aliphatic rings. The highest BCUT2D eigenvalue weighted by atomic mass is 32.1. The normalized spacial score (nSPS) is 12.2. The molecule has 0 aliphatic carbocycles. The van der Waals surface area contributed by atoms with Crippen LogP contribution in [0.5, 0.6) is 0 Å². The van der Waals surface area contributed by atoms with Gasteiger partial charge in [-0.05, 0) is 173 Å². The third-order valence-electron chi connectivity index (χ3n) is 22.0. The third-order valence-corrected chi connectivity index (χ3v) is 25.6. The fraction of sp³-hybridized carbons (Fsp3) is 0. The number of nitrogens with zero attached hydrogens (tertiary/aromatic N) is 4.